The van der Waals surface area contributed by atoms with Gasteiger partial charge in [-0.2, -0.15) is 0 Å². The number of nitrogens with zero attached hydrogens (tertiary/aromatic N) is 1. The Morgan fingerprint density at radius 3 is 1.52 bits per heavy atom. The van der Waals surface area contributed by atoms with Gasteiger partial charge >= 0.3 is 0 Å². The maximum absolute atomic E-state index is 2.55. The number of rotatable bonds is 3. The van der Waals surface area contributed by atoms with Crippen molar-refractivity contribution in [3.8, 4) is 33.4 Å². The first-order valence-electron chi connectivity index (χ1n) is 18.9. The van der Waals surface area contributed by atoms with E-state index < -0.39 is 0 Å². The van der Waals surface area contributed by atoms with Crippen LogP contribution in [0.25, 0.3) is 53.6 Å². The van der Waals surface area contributed by atoms with Gasteiger partial charge in [0.15, 0.2) is 0 Å². The van der Waals surface area contributed by atoms with Crippen LogP contribution in [0.4, 0.5) is 17.1 Å². The molecule has 8 aromatic carbocycles. The zero-order chi connectivity index (χ0) is 35.8. The number of hydrogen-bond donors (Lipinski definition) is 0. The lowest BCUT2D eigenvalue weighted by molar-refractivity contribution is 0.660. The molecule has 1 aromatic heterocycles. The first-order chi connectivity index (χ1) is 26.5. The Morgan fingerprint density at radius 1 is 0.352 bits per heavy atom. The molecule has 3 aliphatic rings. The van der Waals surface area contributed by atoms with Crippen molar-refractivity contribution in [1.82, 2.24) is 0 Å². The molecule has 1 nitrogen and oxygen atoms in total. The maximum atomic E-state index is 2.55. The third-order valence-electron chi connectivity index (χ3n) is 12.7. The third-order valence-corrected chi connectivity index (χ3v) is 13.8. The number of thiophene rings is 1. The second kappa shape index (κ2) is 10.7. The molecular formula is C52H35NS. The summed E-state index contributed by atoms with van der Waals surface area (Å²) in [5.74, 6) is 0. The summed E-state index contributed by atoms with van der Waals surface area (Å²) in [5, 5.41) is 2.62. The van der Waals surface area contributed by atoms with Gasteiger partial charge in [-0.05, 0) is 121 Å². The minimum atomic E-state index is -0.357. The highest BCUT2D eigenvalue weighted by molar-refractivity contribution is 7.25. The summed E-state index contributed by atoms with van der Waals surface area (Å²) < 4.78 is 2.64. The monoisotopic (exact) mass is 705 g/mol. The average molecular weight is 706 g/mol. The van der Waals surface area contributed by atoms with E-state index in [0.29, 0.717) is 0 Å². The topological polar surface area (TPSA) is 3.24 Å². The summed E-state index contributed by atoms with van der Waals surface area (Å²) in [6, 6.07) is 66.2. The molecule has 1 heterocycles. The number of para-hydroxylation sites is 1. The van der Waals surface area contributed by atoms with Crippen molar-refractivity contribution in [2.24, 2.45) is 0 Å². The minimum Gasteiger partial charge on any atom is -0.310 e. The van der Waals surface area contributed by atoms with Gasteiger partial charge in [-0.15, -0.1) is 11.3 Å². The lowest BCUT2D eigenvalue weighted by Crippen LogP contribution is -2.25. The molecule has 0 saturated carbocycles. The molecule has 0 fully saturated rings. The minimum absolute atomic E-state index is 0.0802. The van der Waals surface area contributed by atoms with Crippen LogP contribution in [0.15, 0.2) is 176 Å². The SMILES string of the molecule is CC1(C)c2ccccc2-c2ccc(N(c3ccccc3)c3ccc4sc5cc6c(cc5c4c3)C3(c4ccccc4-c4ccccc43)c3ccccc3-6)cc21. The highest BCUT2D eigenvalue weighted by atomic mass is 32.1. The van der Waals surface area contributed by atoms with E-state index in [4.69, 9.17) is 0 Å². The Bertz CT molecular complexity index is 2990. The van der Waals surface area contributed by atoms with Crippen LogP contribution < -0.4 is 4.90 Å². The molecule has 0 amide bonds. The lowest BCUT2D eigenvalue weighted by Gasteiger charge is -2.30. The fourth-order valence-corrected chi connectivity index (χ4v) is 11.5. The molecule has 0 saturated heterocycles. The molecule has 0 radical (unpaired) electrons. The van der Waals surface area contributed by atoms with Gasteiger partial charge in [0, 0.05) is 42.6 Å². The van der Waals surface area contributed by atoms with Gasteiger partial charge in [-0.1, -0.05) is 135 Å². The van der Waals surface area contributed by atoms with Crippen LogP contribution >= 0.6 is 11.3 Å². The van der Waals surface area contributed by atoms with E-state index in [9.17, 15) is 0 Å². The fraction of sp³-hybridized carbons (Fsp3) is 0.0769. The summed E-state index contributed by atoms with van der Waals surface area (Å²) in [5.41, 5.74) is 19.4. The molecule has 254 valence electrons. The Balaban J connectivity index is 1.09. The molecule has 54 heavy (non-hydrogen) atoms. The molecule has 3 aliphatic carbocycles. The maximum Gasteiger partial charge on any atom is 0.0725 e. The number of fused-ring (bicyclic) bond motifs is 16. The second-order valence-corrected chi connectivity index (χ2v) is 16.7. The molecule has 0 aliphatic heterocycles. The van der Waals surface area contributed by atoms with Crippen LogP contribution in [-0.2, 0) is 10.8 Å². The largest absolute Gasteiger partial charge is 0.310 e. The Morgan fingerprint density at radius 2 is 0.852 bits per heavy atom. The van der Waals surface area contributed by atoms with E-state index in [1.807, 2.05) is 11.3 Å². The van der Waals surface area contributed by atoms with Gasteiger partial charge in [0.2, 0.25) is 0 Å². The fourth-order valence-electron chi connectivity index (χ4n) is 10.3. The molecular weight excluding hydrogens is 671 g/mol. The lowest BCUT2D eigenvalue weighted by atomic mass is 9.70. The van der Waals surface area contributed by atoms with Gasteiger partial charge in [-0.3, -0.25) is 0 Å². The van der Waals surface area contributed by atoms with Crippen molar-refractivity contribution in [3.63, 3.8) is 0 Å². The second-order valence-electron chi connectivity index (χ2n) is 15.6. The molecule has 2 heteroatoms. The van der Waals surface area contributed by atoms with Gasteiger partial charge < -0.3 is 4.90 Å². The van der Waals surface area contributed by atoms with Crippen LogP contribution in [0, 0.1) is 0 Å². The number of hydrogen-bond acceptors (Lipinski definition) is 2. The zero-order valence-corrected chi connectivity index (χ0v) is 30.9. The van der Waals surface area contributed by atoms with E-state index in [1.165, 1.54) is 92.6 Å². The zero-order valence-electron chi connectivity index (χ0n) is 30.1. The number of anilines is 3. The number of benzene rings is 8. The third kappa shape index (κ3) is 3.78. The molecule has 0 atom stereocenters. The van der Waals surface area contributed by atoms with Gasteiger partial charge in [0.05, 0.1) is 5.41 Å². The van der Waals surface area contributed by atoms with Crippen molar-refractivity contribution < 1.29 is 0 Å². The van der Waals surface area contributed by atoms with Crippen molar-refractivity contribution in [3.05, 3.63) is 209 Å². The molecule has 0 bridgehead atoms. The molecule has 9 aromatic rings. The van der Waals surface area contributed by atoms with Gasteiger partial charge in [-0.25, -0.2) is 0 Å². The van der Waals surface area contributed by atoms with E-state index >= 15 is 0 Å². The predicted octanol–water partition coefficient (Wildman–Crippen LogP) is 14.2. The summed E-state index contributed by atoms with van der Waals surface area (Å²) in [4.78, 5) is 2.44. The normalized spacial score (nSPS) is 14.8. The Kier molecular flexibility index (Phi) is 5.99. The first-order valence-corrected chi connectivity index (χ1v) is 19.7. The molecule has 0 N–H and O–H groups in total. The van der Waals surface area contributed by atoms with Crippen LogP contribution in [0.1, 0.15) is 47.2 Å². The van der Waals surface area contributed by atoms with Crippen LogP contribution in [0.3, 0.4) is 0 Å². The predicted molar refractivity (Wildman–Crippen MR) is 228 cm³/mol. The van der Waals surface area contributed by atoms with Gasteiger partial charge in [0.1, 0.15) is 0 Å². The quantitative estimate of drug-likeness (QED) is 0.177. The van der Waals surface area contributed by atoms with Crippen molar-refractivity contribution in [2.45, 2.75) is 24.7 Å². The molecule has 12 rings (SSSR count). The smallest absolute Gasteiger partial charge is 0.0725 e. The molecule has 1 spiro atoms. The van der Waals surface area contributed by atoms with E-state index in [2.05, 4.69) is 195 Å². The van der Waals surface area contributed by atoms with Crippen LogP contribution in [-0.4, -0.2) is 0 Å². The summed E-state index contributed by atoms with van der Waals surface area (Å²) in [7, 11) is 0. The highest BCUT2D eigenvalue weighted by Gasteiger charge is 2.51. The molecule has 0 unspecified atom stereocenters. The summed E-state index contributed by atoms with van der Waals surface area (Å²) >= 11 is 1.91. The van der Waals surface area contributed by atoms with E-state index in [1.54, 1.807) is 0 Å². The van der Waals surface area contributed by atoms with Crippen molar-refractivity contribution >= 4 is 48.6 Å². The highest BCUT2D eigenvalue weighted by Crippen LogP contribution is 2.63. The first kappa shape index (κ1) is 30.3. The van der Waals surface area contributed by atoms with Crippen LogP contribution in [0.5, 0.6) is 0 Å². The van der Waals surface area contributed by atoms with Crippen LogP contribution in [0.2, 0.25) is 0 Å². The Hall–Kier alpha value is -6.22. The van der Waals surface area contributed by atoms with E-state index in [-0.39, 0.29) is 10.8 Å². The standard InChI is InChI=1S/C52H35NS/c1-51(2)43-20-10-6-16-35(43)39-26-24-34(29-47(39)51)53(32-14-4-3-5-15-32)33-25-27-49-41(28-33)42-30-48-40(31-50(42)54-49)38-19-9-13-23-46(38)52(48)44-21-11-7-17-36(44)37-18-8-12-22-45(37)52/h3-31H,1-2H3. The van der Waals surface area contributed by atoms with Crippen molar-refractivity contribution in [1.29, 1.82) is 0 Å². The Labute approximate surface area is 319 Å². The van der Waals surface area contributed by atoms with Crippen molar-refractivity contribution in [2.75, 3.05) is 4.90 Å². The average Bonchev–Trinajstić information content (AvgIpc) is 3.89. The van der Waals surface area contributed by atoms with E-state index in [0.717, 1.165) is 11.4 Å². The summed E-state index contributed by atoms with van der Waals surface area (Å²) in [6.07, 6.45) is 0. The van der Waals surface area contributed by atoms with Gasteiger partial charge in [0.25, 0.3) is 0 Å². The summed E-state index contributed by atoms with van der Waals surface area (Å²) in [6.45, 7) is 4.73.